The largest absolute Gasteiger partial charge is 0.383 e. The van der Waals surface area contributed by atoms with Gasteiger partial charge in [-0.25, -0.2) is 9.97 Å². The summed E-state index contributed by atoms with van der Waals surface area (Å²) in [6.45, 7) is 2.49. The van der Waals surface area contributed by atoms with Crippen LogP contribution in [0.1, 0.15) is 22.8 Å². The summed E-state index contributed by atoms with van der Waals surface area (Å²) in [6.07, 6.45) is 3.70. The molecule has 1 amide bonds. The maximum absolute atomic E-state index is 12.5. The van der Waals surface area contributed by atoms with Gasteiger partial charge in [-0.05, 0) is 12.1 Å². The van der Waals surface area contributed by atoms with Crippen molar-refractivity contribution in [2.24, 2.45) is 4.99 Å². The molecule has 0 spiro atoms. The van der Waals surface area contributed by atoms with Crippen LogP contribution in [0.15, 0.2) is 29.3 Å². The maximum atomic E-state index is 12.5. The van der Waals surface area contributed by atoms with Crippen molar-refractivity contribution in [1.29, 1.82) is 0 Å². The molecule has 4 rings (SSSR count). The summed E-state index contributed by atoms with van der Waals surface area (Å²) in [6, 6.07) is 5.38. The molecule has 0 atom stereocenters. The van der Waals surface area contributed by atoms with Gasteiger partial charge in [-0.2, -0.15) is 0 Å². The summed E-state index contributed by atoms with van der Waals surface area (Å²) >= 11 is 0. The van der Waals surface area contributed by atoms with E-state index < -0.39 is 0 Å². The van der Waals surface area contributed by atoms with Crippen LogP contribution in [-0.2, 0) is 17.8 Å². The topological polar surface area (TPSA) is 109 Å². The number of pyridine rings is 1. The Morgan fingerprint density at radius 2 is 2.20 bits per heavy atom. The van der Waals surface area contributed by atoms with Crippen LogP contribution in [0.2, 0.25) is 0 Å². The van der Waals surface area contributed by atoms with Crippen LogP contribution in [0.25, 0.3) is 5.57 Å². The molecule has 0 saturated heterocycles. The zero-order chi connectivity index (χ0) is 17.6. The molecule has 2 aromatic rings. The number of aromatic nitrogens is 3. The number of carbonyl (C=O) groups excluding carboxylic acids is 1. The number of nitrogens with two attached hydrogens (primary N) is 1. The molecule has 25 heavy (non-hydrogen) atoms. The number of carbonyl (C=O) groups is 1. The van der Waals surface area contributed by atoms with Crippen molar-refractivity contribution in [3.63, 3.8) is 0 Å². The van der Waals surface area contributed by atoms with Crippen LogP contribution in [-0.4, -0.2) is 33.8 Å². The number of anilines is 2. The van der Waals surface area contributed by atoms with Crippen LogP contribution >= 0.6 is 0 Å². The Bertz CT molecular complexity index is 950. The molecule has 2 aromatic heterocycles. The van der Waals surface area contributed by atoms with Crippen LogP contribution < -0.4 is 15.4 Å². The molecule has 0 unspecified atom stereocenters. The fraction of sp³-hybridized carbons (Fsp3) is 0.235. The Labute approximate surface area is 143 Å². The first-order chi connectivity index (χ1) is 12.0. The number of hydrogen-bond acceptors (Lipinski definition) is 6. The Morgan fingerprint density at radius 3 is 2.96 bits per heavy atom. The number of hydrogen-bond donors (Lipinski definition) is 2. The fourth-order valence-electron chi connectivity index (χ4n) is 2.99. The van der Waals surface area contributed by atoms with Crippen molar-refractivity contribution in [2.45, 2.75) is 19.9 Å². The summed E-state index contributed by atoms with van der Waals surface area (Å²) in [4.78, 5) is 27.0. The first-order valence-corrected chi connectivity index (χ1v) is 7.90. The molecule has 2 aliphatic rings. The van der Waals surface area contributed by atoms with E-state index in [1.807, 2.05) is 12.1 Å². The Balaban J connectivity index is 1.74. The lowest BCUT2D eigenvalue weighted by molar-refractivity contribution is -0.913. The highest BCUT2D eigenvalue weighted by Gasteiger charge is 2.34. The van der Waals surface area contributed by atoms with Crippen molar-refractivity contribution < 1.29 is 14.7 Å². The van der Waals surface area contributed by atoms with Gasteiger partial charge in [0.2, 0.25) is 11.6 Å². The minimum Gasteiger partial charge on any atom is -0.383 e. The summed E-state index contributed by atoms with van der Waals surface area (Å²) in [5.41, 5.74) is 8.82. The maximum Gasteiger partial charge on any atom is 0.254 e. The molecule has 3 N–H and O–H groups in total. The highest BCUT2D eigenvalue weighted by Crippen LogP contribution is 2.32. The monoisotopic (exact) mass is 337 g/mol. The van der Waals surface area contributed by atoms with Crippen LogP contribution in [0.4, 0.5) is 11.6 Å². The SMILES string of the molecule is Cc1cccc(CN2C(=O)Cc3c(N)nc(C4=CC=NC4)nc32)[n+]1O. The second-order valence-corrected chi connectivity index (χ2v) is 6.04. The van der Waals surface area contributed by atoms with E-state index in [9.17, 15) is 10.0 Å². The molecular formula is C17H17N6O2+. The minimum absolute atomic E-state index is 0.119. The van der Waals surface area contributed by atoms with E-state index >= 15 is 0 Å². The number of allylic oxidation sites excluding steroid dienone is 1. The van der Waals surface area contributed by atoms with Gasteiger partial charge in [0.15, 0.2) is 5.82 Å². The fourth-order valence-corrected chi connectivity index (χ4v) is 2.99. The van der Waals surface area contributed by atoms with Gasteiger partial charge < -0.3 is 5.73 Å². The van der Waals surface area contributed by atoms with Crippen molar-refractivity contribution in [1.82, 2.24) is 9.97 Å². The molecule has 0 saturated carbocycles. The zero-order valence-electron chi connectivity index (χ0n) is 13.7. The zero-order valence-corrected chi connectivity index (χ0v) is 13.7. The molecule has 8 nitrogen and oxygen atoms in total. The molecule has 126 valence electrons. The number of aryl methyl sites for hydroxylation is 1. The normalized spacial score (nSPS) is 15.6. The molecule has 8 heteroatoms. The molecule has 0 fully saturated rings. The lowest BCUT2D eigenvalue weighted by Crippen LogP contribution is -2.42. The molecule has 0 bridgehead atoms. The van der Waals surface area contributed by atoms with Gasteiger partial charge in [0, 0.05) is 41.1 Å². The van der Waals surface area contributed by atoms with E-state index in [1.165, 1.54) is 4.90 Å². The van der Waals surface area contributed by atoms with Gasteiger partial charge in [-0.3, -0.25) is 19.9 Å². The molecular weight excluding hydrogens is 320 g/mol. The Kier molecular flexibility index (Phi) is 3.45. The van der Waals surface area contributed by atoms with E-state index in [4.69, 9.17) is 5.73 Å². The highest BCUT2D eigenvalue weighted by atomic mass is 16.5. The van der Waals surface area contributed by atoms with Crippen LogP contribution in [0, 0.1) is 6.92 Å². The predicted molar refractivity (Wildman–Crippen MR) is 91.2 cm³/mol. The van der Waals surface area contributed by atoms with E-state index in [2.05, 4.69) is 15.0 Å². The van der Waals surface area contributed by atoms with Gasteiger partial charge in [0.1, 0.15) is 18.2 Å². The smallest absolute Gasteiger partial charge is 0.254 e. The summed E-state index contributed by atoms with van der Waals surface area (Å²) in [7, 11) is 0. The third-order valence-corrected chi connectivity index (χ3v) is 4.38. The summed E-state index contributed by atoms with van der Waals surface area (Å²) in [5, 5.41) is 10.2. The van der Waals surface area contributed by atoms with Crippen LogP contribution in [0.5, 0.6) is 0 Å². The van der Waals surface area contributed by atoms with Crippen molar-refractivity contribution in [3.8, 4) is 0 Å². The molecule has 0 aromatic carbocycles. The first kappa shape index (κ1) is 15.3. The predicted octanol–water partition coefficient (Wildman–Crippen LogP) is 0.449. The number of nitrogen functional groups attached to an aromatic ring is 1. The average molecular weight is 337 g/mol. The van der Waals surface area contributed by atoms with E-state index in [0.29, 0.717) is 41.0 Å². The Morgan fingerprint density at radius 1 is 1.36 bits per heavy atom. The number of aliphatic imine (C=N–C) groups is 1. The third-order valence-electron chi connectivity index (χ3n) is 4.38. The minimum atomic E-state index is -0.119. The second kappa shape index (κ2) is 5.66. The van der Waals surface area contributed by atoms with Gasteiger partial charge in [0.05, 0.1) is 13.0 Å². The molecule has 2 aliphatic heterocycles. The van der Waals surface area contributed by atoms with Crippen molar-refractivity contribution in [2.75, 3.05) is 17.2 Å². The molecule has 0 radical (unpaired) electrons. The van der Waals surface area contributed by atoms with Gasteiger partial charge in [0.25, 0.3) is 5.69 Å². The Hall–Kier alpha value is -3.29. The van der Waals surface area contributed by atoms with Gasteiger partial charge in [-0.15, -0.1) is 0 Å². The standard InChI is InChI=1S/C17H17N6O2/c1-10-3-2-4-12(23(10)25)9-22-14(24)7-13-15(18)20-16(21-17(13)22)11-5-6-19-8-11/h2-6,25H,7-9H2,1H3,(H2,18,20,21)/q+1. The number of nitrogens with zero attached hydrogens (tertiary/aromatic N) is 5. The van der Waals surface area contributed by atoms with Crippen molar-refractivity contribution in [3.05, 3.63) is 47.1 Å². The van der Waals surface area contributed by atoms with E-state index in [-0.39, 0.29) is 18.9 Å². The van der Waals surface area contributed by atoms with Gasteiger partial charge >= 0.3 is 0 Å². The van der Waals surface area contributed by atoms with Gasteiger partial charge in [-0.1, -0.05) is 0 Å². The summed E-state index contributed by atoms with van der Waals surface area (Å²) in [5.74, 6) is 1.17. The molecule has 0 aliphatic carbocycles. The molecule has 4 heterocycles. The lowest BCUT2D eigenvalue weighted by atomic mass is 10.2. The second-order valence-electron chi connectivity index (χ2n) is 6.04. The van der Waals surface area contributed by atoms with E-state index in [0.717, 1.165) is 10.3 Å². The lowest BCUT2D eigenvalue weighted by Gasteiger charge is -2.15. The van der Waals surface area contributed by atoms with Crippen molar-refractivity contribution >= 4 is 29.3 Å². The number of rotatable bonds is 3. The first-order valence-electron chi connectivity index (χ1n) is 7.90. The number of amides is 1. The third kappa shape index (κ3) is 2.51. The highest BCUT2D eigenvalue weighted by molar-refractivity contribution is 6.01. The quantitative estimate of drug-likeness (QED) is 0.624. The number of fused-ring (bicyclic) bond motifs is 1. The van der Waals surface area contributed by atoms with E-state index in [1.54, 1.807) is 25.3 Å². The summed E-state index contributed by atoms with van der Waals surface area (Å²) < 4.78 is 1.07. The van der Waals surface area contributed by atoms with Crippen LogP contribution in [0.3, 0.4) is 0 Å². The average Bonchev–Trinajstić information content (AvgIpc) is 3.21.